The van der Waals surface area contributed by atoms with Crippen molar-refractivity contribution < 1.29 is 0 Å². The van der Waals surface area contributed by atoms with Crippen molar-refractivity contribution in [1.29, 1.82) is 0 Å². The normalized spacial score (nSPS) is 18.3. The number of nitrogens with one attached hydrogen (secondary N) is 1. The number of aromatic nitrogens is 2. The van der Waals surface area contributed by atoms with Crippen LogP contribution < -0.4 is 5.32 Å². The molecule has 0 bridgehead atoms. The molecule has 0 fully saturated rings. The summed E-state index contributed by atoms with van der Waals surface area (Å²) in [6, 6.07) is 0. The summed E-state index contributed by atoms with van der Waals surface area (Å²) in [5.41, 5.74) is 2.69. The molecule has 1 unspecified atom stereocenters. The molecule has 0 aliphatic heterocycles. The second-order valence-corrected chi connectivity index (χ2v) is 7.35. The van der Waals surface area contributed by atoms with E-state index in [0.717, 1.165) is 55.9 Å². The van der Waals surface area contributed by atoms with E-state index < -0.39 is 0 Å². The summed E-state index contributed by atoms with van der Waals surface area (Å²) in [5, 5.41) is 3.59. The molecule has 1 atom stereocenters. The van der Waals surface area contributed by atoms with Gasteiger partial charge < -0.3 is 5.32 Å². The Balaban J connectivity index is 1.87. The van der Waals surface area contributed by atoms with Gasteiger partial charge >= 0.3 is 0 Å². The fourth-order valence-corrected chi connectivity index (χ4v) is 2.91. The van der Waals surface area contributed by atoms with Gasteiger partial charge in [0.1, 0.15) is 5.82 Å². The highest BCUT2D eigenvalue weighted by Crippen LogP contribution is 2.23. The Morgan fingerprint density at radius 2 is 2.05 bits per heavy atom. The molecule has 0 saturated heterocycles. The van der Waals surface area contributed by atoms with Crippen LogP contribution in [0.5, 0.6) is 0 Å². The number of rotatable bonds is 7. The summed E-state index contributed by atoms with van der Waals surface area (Å²) >= 11 is 0. The van der Waals surface area contributed by atoms with Gasteiger partial charge in [-0.1, -0.05) is 27.7 Å². The molecule has 2 rings (SSSR count). The van der Waals surface area contributed by atoms with Crippen molar-refractivity contribution in [3.63, 3.8) is 0 Å². The van der Waals surface area contributed by atoms with Crippen molar-refractivity contribution in [2.75, 3.05) is 13.1 Å². The molecule has 0 spiro atoms. The molecule has 3 heteroatoms. The van der Waals surface area contributed by atoms with E-state index in [1.165, 1.54) is 24.1 Å². The van der Waals surface area contributed by atoms with Gasteiger partial charge in [-0.2, -0.15) is 0 Å². The minimum Gasteiger partial charge on any atom is -0.316 e. The lowest BCUT2D eigenvalue weighted by atomic mass is 9.87. The van der Waals surface area contributed by atoms with Crippen LogP contribution in [0.25, 0.3) is 0 Å². The molecule has 0 amide bonds. The zero-order valence-corrected chi connectivity index (χ0v) is 14.2. The lowest BCUT2D eigenvalue weighted by Gasteiger charge is -2.24. The average molecular weight is 289 g/mol. The second kappa shape index (κ2) is 7.88. The van der Waals surface area contributed by atoms with Crippen LogP contribution in [0.15, 0.2) is 6.20 Å². The molecule has 118 valence electrons. The lowest BCUT2D eigenvalue weighted by molar-refractivity contribution is 0.404. The van der Waals surface area contributed by atoms with Crippen molar-refractivity contribution >= 4 is 0 Å². The van der Waals surface area contributed by atoms with Crippen LogP contribution in [-0.4, -0.2) is 23.1 Å². The molecule has 1 aromatic heterocycles. The van der Waals surface area contributed by atoms with Gasteiger partial charge in [0.2, 0.25) is 0 Å². The first-order valence-electron chi connectivity index (χ1n) is 8.59. The highest BCUT2D eigenvalue weighted by atomic mass is 14.9. The van der Waals surface area contributed by atoms with E-state index in [0.29, 0.717) is 0 Å². The predicted octanol–water partition coefficient (Wildman–Crippen LogP) is 3.42. The lowest BCUT2D eigenvalue weighted by Crippen LogP contribution is -2.30. The van der Waals surface area contributed by atoms with E-state index in [-0.39, 0.29) is 0 Å². The molecule has 0 radical (unpaired) electrons. The minimum absolute atomic E-state index is 0.723. The minimum atomic E-state index is 0.723. The van der Waals surface area contributed by atoms with Crippen LogP contribution in [-0.2, 0) is 19.3 Å². The molecule has 1 N–H and O–H groups in total. The first kappa shape index (κ1) is 16.4. The highest BCUT2D eigenvalue weighted by molar-refractivity contribution is 5.21. The Bertz CT molecular complexity index is 440. The van der Waals surface area contributed by atoms with Crippen molar-refractivity contribution in [1.82, 2.24) is 15.3 Å². The van der Waals surface area contributed by atoms with E-state index in [9.17, 15) is 0 Å². The Kier molecular flexibility index (Phi) is 6.16. The first-order chi connectivity index (χ1) is 10.0. The van der Waals surface area contributed by atoms with Crippen molar-refractivity contribution in [2.45, 2.75) is 59.8 Å². The summed E-state index contributed by atoms with van der Waals surface area (Å²) < 4.78 is 0. The third kappa shape index (κ3) is 5.39. The van der Waals surface area contributed by atoms with Crippen molar-refractivity contribution in [2.24, 2.45) is 17.8 Å². The maximum atomic E-state index is 4.80. The number of fused-ring (bicyclic) bond motifs is 1. The summed E-state index contributed by atoms with van der Waals surface area (Å²) in [6.45, 7) is 11.3. The zero-order chi connectivity index (χ0) is 15.2. The molecule has 0 aromatic carbocycles. The molecule has 1 heterocycles. The topological polar surface area (TPSA) is 37.8 Å². The summed E-state index contributed by atoms with van der Waals surface area (Å²) in [7, 11) is 0. The van der Waals surface area contributed by atoms with Gasteiger partial charge in [0, 0.05) is 18.3 Å². The van der Waals surface area contributed by atoms with Gasteiger partial charge in [-0.15, -0.1) is 0 Å². The largest absolute Gasteiger partial charge is 0.316 e. The van der Waals surface area contributed by atoms with Crippen LogP contribution in [0, 0.1) is 17.8 Å². The Morgan fingerprint density at radius 1 is 1.24 bits per heavy atom. The van der Waals surface area contributed by atoms with Crippen molar-refractivity contribution in [3.05, 3.63) is 23.3 Å². The molecule has 3 nitrogen and oxygen atoms in total. The Morgan fingerprint density at radius 3 is 2.76 bits per heavy atom. The van der Waals surface area contributed by atoms with Gasteiger partial charge in [-0.05, 0) is 62.1 Å². The SMILES string of the molecule is CC(C)CCc1ncc2c(n1)CCC(CNCC(C)C)C2. The van der Waals surface area contributed by atoms with Crippen LogP contribution in [0.2, 0.25) is 0 Å². The molecule has 1 aromatic rings. The molecule has 21 heavy (non-hydrogen) atoms. The van der Waals surface area contributed by atoms with Gasteiger partial charge in [0.25, 0.3) is 0 Å². The van der Waals surface area contributed by atoms with Gasteiger partial charge in [-0.25, -0.2) is 9.97 Å². The molecule has 1 aliphatic carbocycles. The third-order valence-electron chi connectivity index (χ3n) is 4.23. The van der Waals surface area contributed by atoms with E-state index in [4.69, 9.17) is 4.98 Å². The molecular formula is C18H31N3. The Hall–Kier alpha value is -0.960. The summed E-state index contributed by atoms with van der Waals surface area (Å²) in [6.07, 6.45) is 7.82. The standard InChI is InChI=1S/C18H31N3/c1-13(2)5-8-18-20-12-16-9-15(6-7-17(16)21-18)11-19-10-14(3)4/h12-15,19H,5-11H2,1-4H3. The van der Waals surface area contributed by atoms with Crippen LogP contribution in [0.4, 0.5) is 0 Å². The maximum Gasteiger partial charge on any atom is 0.128 e. The molecular weight excluding hydrogens is 258 g/mol. The predicted molar refractivity (Wildman–Crippen MR) is 88.4 cm³/mol. The number of hydrogen-bond donors (Lipinski definition) is 1. The zero-order valence-electron chi connectivity index (χ0n) is 14.2. The van der Waals surface area contributed by atoms with E-state index in [1.54, 1.807) is 0 Å². The number of aryl methyl sites for hydroxylation is 2. The maximum absolute atomic E-state index is 4.80. The van der Waals surface area contributed by atoms with Crippen LogP contribution in [0.1, 0.15) is 57.6 Å². The summed E-state index contributed by atoms with van der Waals surface area (Å²) in [4.78, 5) is 9.37. The van der Waals surface area contributed by atoms with Crippen molar-refractivity contribution in [3.8, 4) is 0 Å². The highest BCUT2D eigenvalue weighted by Gasteiger charge is 2.20. The smallest absolute Gasteiger partial charge is 0.128 e. The van der Waals surface area contributed by atoms with Gasteiger partial charge in [0.15, 0.2) is 0 Å². The second-order valence-electron chi connectivity index (χ2n) is 7.35. The van der Waals surface area contributed by atoms with Crippen LogP contribution >= 0.6 is 0 Å². The van der Waals surface area contributed by atoms with Gasteiger partial charge in [-0.3, -0.25) is 0 Å². The third-order valence-corrected chi connectivity index (χ3v) is 4.23. The molecule has 1 aliphatic rings. The van der Waals surface area contributed by atoms with E-state index in [2.05, 4.69) is 44.2 Å². The summed E-state index contributed by atoms with van der Waals surface area (Å²) in [5.74, 6) is 3.24. The average Bonchev–Trinajstić information content (AvgIpc) is 2.44. The quantitative estimate of drug-likeness (QED) is 0.836. The number of nitrogens with zero attached hydrogens (tertiary/aromatic N) is 2. The first-order valence-corrected chi connectivity index (χ1v) is 8.59. The Labute approximate surface area is 130 Å². The monoisotopic (exact) mass is 289 g/mol. The van der Waals surface area contributed by atoms with E-state index in [1.807, 2.05) is 0 Å². The van der Waals surface area contributed by atoms with E-state index >= 15 is 0 Å². The van der Waals surface area contributed by atoms with Gasteiger partial charge in [0.05, 0.1) is 0 Å². The fourth-order valence-electron chi connectivity index (χ4n) is 2.91. The number of hydrogen-bond acceptors (Lipinski definition) is 3. The van der Waals surface area contributed by atoms with Crippen LogP contribution in [0.3, 0.4) is 0 Å². The fraction of sp³-hybridized carbons (Fsp3) is 0.778. The molecule has 0 saturated carbocycles.